The molecule has 0 aliphatic heterocycles. The summed E-state index contributed by atoms with van der Waals surface area (Å²) in [6.07, 6.45) is 0.444. The van der Waals surface area contributed by atoms with Crippen LogP contribution in [0, 0.1) is 5.41 Å². The fraction of sp³-hybridized carbons (Fsp3) is 0.385. The molecule has 6 heteroatoms. The van der Waals surface area contributed by atoms with Crippen LogP contribution in [0.2, 0.25) is 0 Å². The number of carboxylic acids is 1. The lowest BCUT2D eigenvalue weighted by atomic mass is 9.88. The minimum atomic E-state index is -0.950. The van der Waals surface area contributed by atoms with E-state index in [0.717, 1.165) is 4.47 Å². The molecule has 104 valence electrons. The molecule has 2 amide bonds. The Labute approximate surface area is 120 Å². The van der Waals surface area contributed by atoms with Crippen LogP contribution in [0.1, 0.15) is 20.3 Å². The number of amides is 2. The van der Waals surface area contributed by atoms with Crippen LogP contribution in [0.15, 0.2) is 28.7 Å². The molecule has 1 aromatic carbocycles. The summed E-state index contributed by atoms with van der Waals surface area (Å²) in [5.41, 5.74) is -0.311. The Kier molecular flexibility index (Phi) is 5.35. The Balaban J connectivity index is 2.55. The zero-order valence-electron chi connectivity index (χ0n) is 10.9. The Bertz CT molecular complexity index is 479. The molecule has 0 saturated carbocycles. The van der Waals surface area contributed by atoms with Gasteiger partial charge in [0.1, 0.15) is 0 Å². The van der Waals surface area contributed by atoms with E-state index in [2.05, 4.69) is 26.6 Å². The molecule has 0 fully saturated rings. The SMILES string of the molecule is CCC(C)(CNC(=O)Nc1cccc(Br)c1)C(=O)O. The quantitative estimate of drug-likeness (QED) is 0.777. The van der Waals surface area contributed by atoms with Crippen molar-refractivity contribution in [2.24, 2.45) is 5.41 Å². The van der Waals surface area contributed by atoms with Crippen LogP contribution in [0.3, 0.4) is 0 Å². The van der Waals surface area contributed by atoms with Crippen molar-refractivity contribution >= 4 is 33.6 Å². The van der Waals surface area contributed by atoms with Gasteiger partial charge in [0.2, 0.25) is 0 Å². The average Bonchev–Trinajstić information content (AvgIpc) is 2.35. The lowest BCUT2D eigenvalue weighted by Gasteiger charge is -2.23. The Morgan fingerprint density at radius 1 is 1.42 bits per heavy atom. The van der Waals surface area contributed by atoms with E-state index >= 15 is 0 Å². The molecule has 1 unspecified atom stereocenters. The molecular formula is C13H17BrN2O3. The number of rotatable bonds is 5. The van der Waals surface area contributed by atoms with E-state index < -0.39 is 17.4 Å². The first-order valence-corrected chi connectivity index (χ1v) is 6.70. The van der Waals surface area contributed by atoms with Gasteiger partial charge < -0.3 is 15.7 Å². The number of carbonyl (C=O) groups is 2. The third kappa shape index (κ3) is 4.55. The summed E-state index contributed by atoms with van der Waals surface area (Å²) in [7, 11) is 0. The van der Waals surface area contributed by atoms with E-state index in [0.29, 0.717) is 12.1 Å². The normalized spacial score (nSPS) is 13.4. The van der Waals surface area contributed by atoms with Crippen molar-refractivity contribution < 1.29 is 14.7 Å². The first-order valence-electron chi connectivity index (χ1n) is 5.91. The molecule has 0 bridgehead atoms. The Hall–Kier alpha value is -1.56. The molecule has 0 saturated heterocycles. The minimum absolute atomic E-state index is 0.0820. The van der Waals surface area contributed by atoms with E-state index in [1.54, 1.807) is 32.0 Å². The maximum atomic E-state index is 11.7. The third-order valence-corrected chi connectivity index (χ3v) is 3.51. The van der Waals surface area contributed by atoms with Crippen LogP contribution in [0.5, 0.6) is 0 Å². The van der Waals surface area contributed by atoms with Crippen molar-refractivity contribution in [2.45, 2.75) is 20.3 Å². The highest BCUT2D eigenvalue weighted by Crippen LogP contribution is 2.20. The molecule has 0 aromatic heterocycles. The van der Waals surface area contributed by atoms with Crippen LogP contribution in [0.25, 0.3) is 0 Å². The summed E-state index contributed by atoms with van der Waals surface area (Å²) in [6, 6.07) is 6.74. The van der Waals surface area contributed by atoms with E-state index in [-0.39, 0.29) is 6.54 Å². The smallest absolute Gasteiger partial charge is 0.319 e. The van der Waals surface area contributed by atoms with Crippen molar-refractivity contribution in [2.75, 3.05) is 11.9 Å². The number of urea groups is 1. The van der Waals surface area contributed by atoms with E-state index in [4.69, 9.17) is 5.11 Å². The van der Waals surface area contributed by atoms with Crippen LogP contribution in [0.4, 0.5) is 10.5 Å². The van der Waals surface area contributed by atoms with Gasteiger partial charge in [0.05, 0.1) is 5.41 Å². The summed E-state index contributed by atoms with van der Waals surface area (Å²) in [5.74, 6) is -0.919. The van der Waals surface area contributed by atoms with Crippen molar-refractivity contribution in [3.63, 3.8) is 0 Å². The van der Waals surface area contributed by atoms with Crippen LogP contribution in [-0.2, 0) is 4.79 Å². The summed E-state index contributed by atoms with van der Waals surface area (Å²) in [4.78, 5) is 22.8. The van der Waals surface area contributed by atoms with Crippen molar-refractivity contribution in [3.8, 4) is 0 Å². The first-order chi connectivity index (χ1) is 8.87. The Morgan fingerprint density at radius 2 is 2.11 bits per heavy atom. The molecule has 1 atom stereocenters. The molecule has 3 N–H and O–H groups in total. The van der Waals surface area contributed by atoms with Crippen molar-refractivity contribution in [3.05, 3.63) is 28.7 Å². The number of benzene rings is 1. The van der Waals surface area contributed by atoms with Gasteiger partial charge in [-0.1, -0.05) is 28.9 Å². The summed E-state index contributed by atoms with van der Waals surface area (Å²) >= 11 is 3.30. The molecule has 0 heterocycles. The number of carbonyl (C=O) groups excluding carboxylic acids is 1. The fourth-order valence-electron chi connectivity index (χ4n) is 1.37. The molecule has 1 rings (SSSR count). The van der Waals surface area contributed by atoms with Crippen molar-refractivity contribution in [1.82, 2.24) is 5.32 Å². The van der Waals surface area contributed by atoms with Gasteiger partial charge in [0, 0.05) is 16.7 Å². The molecule has 5 nitrogen and oxygen atoms in total. The number of hydrogen-bond donors (Lipinski definition) is 3. The van der Waals surface area contributed by atoms with Gasteiger partial charge >= 0.3 is 12.0 Å². The van der Waals surface area contributed by atoms with Gasteiger partial charge in [-0.25, -0.2) is 4.79 Å². The maximum Gasteiger partial charge on any atom is 0.319 e. The standard InChI is InChI=1S/C13H17BrN2O3/c1-3-13(2,11(17)18)8-15-12(19)16-10-6-4-5-9(14)7-10/h4-7H,3,8H2,1-2H3,(H,17,18)(H2,15,16,19). The maximum absolute atomic E-state index is 11.7. The second-order valence-electron chi connectivity index (χ2n) is 4.54. The number of nitrogens with one attached hydrogen (secondary N) is 2. The average molecular weight is 329 g/mol. The minimum Gasteiger partial charge on any atom is -0.481 e. The van der Waals surface area contributed by atoms with Gasteiger partial charge in [-0.2, -0.15) is 0 Å². The largest absolute Gasteiger partial charge is 0.481 e. The molecule has 19 heavy (non-hydrogen) atoms. The van der Waals surface area contributed by atoms with Crippen molar-refractivity contribution in [1.29, 1.82) is 0 Å². The summed E-state index contributed by atoms with van der Waals surface area (Å²) < 4.78 is 0.856. The van der Waals surface area contributed by atoms with Crippen LogP contribution in [-0.4, -0.2) is 23.7 Å². The monoisotopic (exact) mass is 328 g/mol. The number of aliphatic carboxylic acids is 1. The number of carboxylic acid groups (broad SMARTS) is 1. The number of hydrogen-bond acceptors (Lipinski definition) is 2. The molecule has 0 radical (unpaired) electrons. The van der Waals surface area contributed by atoms with Crippen LogP contribution >= 0.6 is 15.9 Å². The second kappa shape index (κ2) is 6.56. The van der Waals surface area contributed by atoms with Crippen LogP contribution < -0.4 is 10.6 Å². The van der Waals surface area contributed by atoms with Gasteiger partial charge in [0.15, 0.2) is 0 Å². The first kappa shape index (κ1) is 15.5. The summed E-state index contributed by atoms with van der Waals surface area (Å²) in [6.45, 7) is 3.47. The predicted octanol–water partition coefficient (Wildman–Crippen LogP) is 3.07. The van der Waals surface area contributed by atoms with E-state index in [9.17, 15) is 9.59 Å². The molecule has 1 aromatic rings. The van der Waals surface area contributed by atoms with Gasteiger partial charge in [-0.05, 0) is 31.5 Å². The number of halogens is 1. The Morgan fingerprint density at radius 3 is 2.63 bits per heavy atom. The van der Waals surface area contributed by atoms with Gasteiger partial charge in [0.25, 0.3) is 0 Å². The highest BCUT2D eigenvalue weighted by Gasteiger charge is 2.31. The summed E-state index contributed by atoms with van der Waals surface area (Å²) in [5, 5.41) is 14.3. The zero-order valence-corrected chi connectivity index (χ0v) is 12.5. The second-order valence-corrected chi connectivity index (χ2v) is 5.45. The molecule has 0 aliphatic rings. The number of anilines is 1. The highest BCUT2D eigenvalue weighted by atomic mass is 79.9. The molecule has 0 aliphatic carbocycles. The third-order valence-electron chi connectivity index (χ3n) is 3.02. The van der Waals surface area contributed by atoms with Gasteiger partial charge in [-0.3, -0.25) is 4.79 Å². The van der Waals surface area contributed by atoms with Gasteiger partial charge in [-0.15, -0.1) is 0 Å². The predicted molar refractivity (Wildman–Crippen MR) is 77.2 cm³/mol. The van der Waals surface area contributed by atoms with E-state index in [1.807, 2.05) is 6.07 Å². The fourth-order valence-corrected chi connectivity index (χ4v) is 1.77. The molecule has 0 spiro atoms. The molecular weight excluding hydrogens is 312 g/mol. The highest BCUT2D eigenvalue weighted by molar-refractivity contribution is 9.10. The topological polar surface area (TPSA) is 78.4 Å². The lowest BCUT2D eigenvalue weighted by molar-refractivity contribution is -0.147. The van der Waals surface area contributed by atoms with E-state index in [1.165, 1.54) is 0 Å². The lowest BCUT2D eigenvalue weighted by Crippen LogP contribution is -2.42. The zero-order chi connectivity index (χ0) is 14.5.